The first kappa shape index (κ1) is 11.2. The minimum atomic E-state index is 0.237. The van der Waals surface area contributed by atoms with E-state index in [1.165, 1.54) is 18.6 Å². The van der Waals surface area contributed by atoms with Crippen LogP contribution >= 0.6 is 0 Å². The van der Waals surface area contributed by atoms with Gasteiger partial charge in [-0.2, -0.15) is 0 Å². The molecule has 0 saturated heterocycles. The minimum absolute atomic E-state index is 0.237. The predicted molar refractivity (Wildman–Crippen MR) is 72.7 cm³/mol. The molecule has 3 aromatic rings. The van der Waals surface area contributed by atoms with Crippen LogP contribution in [0.2, 0.25) is 0 Å². The van der Waals surface area contributed by atoms with Crippen molar-refractivity contribution in [3.05, 3.63) is 48.2 Å². The van der Waals surface area contributed by atoms with Gasteiger partial charge >= 0.3 is 113 Å². The molecule has 0 amide bonds. The summed E-state index contributed by atoms with van der Waals surface area (Å²) < 4.78 is 7.05. The Kier molecular flexibility index (Phi) is 3.13. The quantitative estimate of drug-likeness (QED) is 0.633. The number of aromatic nitrogens is 2. The third kappa shape index (κ3) is 2.22. The van der Waals surface area contributed by atoms with E-state index in [2.05, 4.69) is 58.6 Å². The van der Waals surface area contributed by atoms with E-state index < -0.39 is 0 Å². The molecule has 0 aliphatic heterocycles. The van der Waals surface area contributed by atoms with Gasteiger partial charge in [-0.3, -0.25) is 0 Å². The first-order chi connectivity index (χ1) is 8.34. The average Bonchev–Trinajstić information content (AvgIpc) is 2.76. The van der Waals surface area contributed by atoms with Crippen molar-refractivity contribution >= 4 is 48.3 Å². The number of nitrogens with zero attached hydrogens (tertiary/aromatic N) is 2. The van der Waals surface area contributed by atoms with Gasteiger partial charge in [-0.15, -0.1) is 0 Å². The fourth-order valence-corrected chi connectivity index (χ4v) is 6.13. The van der Waals surface area contributed by atoms with Crippen LogP contribution in [0.25, 0.3) is 10.8 Å². The van der Waals surface area contributed by atoms with Gasteiger partial charge in [-0.1, -0.05) is 0 Å². The topological polar surface area (TPSA) is 25.8 Å². The summed E-state index contributed by atoms with van der Waals surface area (Å²) in [6, 6.07) is 15.1. The van der Waals surface area contributed by atoms with Gasteiger partial charge in [0.1, 0.15) is 0 Å². The molecule has 0 radical (unpaired) electrons. The Balaban J connectivity index is 2.09. The van der Waals surface area contributed by atoms with E-state index in [0.717, 1.165) is 5.69 Å². The summed E-state index contributed by atoms with van der Waals surface area (Å²) in [7, 11) is 0. The number of hydrogen-bond donors (Lipinski definition) is 0. The van der Waals surface area contributed by atoms with Gasteiger partial charge in [0.25, 0.3) is 0 Å². The molecule has 17 heavy (non-hydrogen) atoms. The molecular formula is C13H10N2Se2. The van der Waals surface area contributed by atoms with Gasteiger partial charge in [0.2, 0.25) is 0 Å². The molecule has 0 atom stereocenters. The van der Waals surface area contributed by atoms with E-state index in [1.807, 2.05) is 0 Å². The van der Waals surface area contributed by atoms with Gasteiger partial charge < -0.3 is 0 Å². The van der Waals surface area contributed by atoms with Gasteiger partial charge in [0.05, 0.1) is 0 Å². The monoisotopic (exact) mass is 354 g/mol. The van der Waals surface area contributed by atoms with E-state index >= 15 is 0 Å². The molecule has 0 fully saturated rings. The standard InChI is InChI=1S/C13H10N2Se2/c1-9-13(17-15-14-9)16-12-8-4-6-10-5-2-3-7-11(10)12/h2-8H,1H3. The molecule has 1 heterocycles. The molecule has 0 aliphatic carbocycles. The van der Waals surface area contributed by atoms with Crippen molar-refractivity contribution in [3.8, 4) is 0 Å². The van der Waals surface area contributed by atoms with E-state index in [-0.39, 0.29) is 14.7 Å². The van der Waals surface area contributed by atoms with Crippen LogP contribution in [0.15, 0.2) is 42.5 Å². The normalized spacial score (nSPS) is 10.9. The van der Waals surface area contributed by atoms with E-state index in [1.54, 1.807) is 0 Å². The Bertz CT molecular complexity index is 656. The van der Waals surface area contributed by atoms with Crippen LogP contribution in [0.3, 0.4) is 0 Å². The molecule has 0 spiro atoms. The van der Waals surface area contributed by atoms with Gasteiger partial charge in [-0.05, 0) is 0 Å². The maximum atomic E-state index is 4.15. The van der Waals surface area contributed by atoms with E-state index in [4.69, 9.17) is 0 Å². The molecule has 3 rings (SSSR count). The van der Waals surface area contributed by atoms with Gasteiger partial charge in [0, 0.05) is 0 Å². The molecule has 0 unspecified atom stereocenters. The number of benzene rings is 2. The summed E-state index contributed by atoms with van der Waals surface area (Å²) in [5.41, 5.74) is 1.14. The van der Waals surface area contributed by atoms with Gasteiger partial charge in [0.15, 0.2) is 0 Å². The number of rotatable bonds is 2. The Morgan fingerprint density at radius 3 is 2.71 bits per heavy atom. The van der Waals surface area contributed by atoms with E-state index in [9.17, 15) is 0 Å². The molecule has 2 aromatic carbocycles. The Morgan fingerprint density at radius 2 is 1.88 bits per heavy atom. The van der Waals surface area contributed by atoms with Crippen molar-refractivity contribution < 1.29 is 0 Å². The van der Waals surface area contributed by atoms with Crippen LogP contribution in [0.5, 0.6) is 0 Å². The zero-order valence-corrected chi connectivity index (χ0v) is 12.7. The van der Waals surface area contributed by atoms with Crippen LogP contribution in [-0.4, -0.2) is 38.9 Å². The Labute approximate surface area is 112 Å². The van der Waals surface area contributed by atoms with Crippen LogP contribution in [0, 0.1) is 6.92 Å². The molecule has 0 aliphatic rings. The maximum absolute atomic E-state index is 4.15. The molecule has 4 heteroatoms. The van der Waals surface area contributed by atoms with E-state index in [0.29, 0.717) is 15.0 Å². The summed E-state index contributed by atoms with van der Waals surface area (Å²) in [4.78, 5) is 0. The first-order valence-electron chi connectivity index (χ1n) is 5.29. The summed E-state index contributed by atoms with van der Waals surface area (Å²) in [5.74, 6) is 0. The zero-order chi connectivity index (χ0) is 11.7. The second-order valence-corrected chi connectivity index (χ2v) is 8.83. The molecular weight excluding hydrogens is 342 g/mol. The zero-order valence-electron chi connectivity index (χ0n) is 9.25. The summed E-state index contributed by atoms with van der Waals surface area (Å²) in [6.07, 6.45) is 0. The summed E-state index contributed by atoms with van der Waals surface area (Å²) in [5, 5.41) is 6.84. The summed E-state index contributed by atoms with van der Waals surface area (Å²) >= 11 is 0.607. The molecule has 84 valence electrons. The van der Waals surface area contributed by atoms with Crippen molar-refractivity contribution in [1.29, 1.82) is 0 Å². The van der Waals surface area contributed by atoms with Crippen LogP contribution in [0.4, 0.5) is 0 Å². The fourth-order valence-electron chi connectivity index (χ4n) is 1.70. The van der Waals surface area contributed by atoms with Crippen molar-refractivity contribution in [2.45, 2.75) is 6.92 Å². The third-order valence-corrected chi connectivity index (χ3v) is 7.81. The Morgan fingerprint density at radius 1 is 1.06 bits per heavy atom. The summed E-state index contributed by atoms with van der Waals surface area (Å²) in [6.45, 7) is 2.07. The fraction of sp³-hybridized carbons (Fsp3) is 0.0769. The van der Waals surface area contributed by atoms with Gasteiger partial charge in [-0.25, -0.2) is 0 Å². The number of aryl methyl sites for hydroxylation is 1. The van der Waals surface area contributed by atoms with Crippen molar-refractivity contribution in [1.82, 2.24) is 9.19 Å². The second kappa shape index (κ2) is 4.75. The molecule has 0 saturated carbocycles. The molecule has 0 N–H and O–H groups in total. The first-order valence-corrected chi connectivity index (χ1v) is 8.63. The van der Waals surface area contributed by atoms with Crippen LogP contribution in [0.1, 0.15) is 5.69 Å². The van der Waals surface area contributed by atoms with Crippen LogP contribution < -0.4 is 7.80 Å². The van der Waals surface area contributed by atoms with Crippen molar-refractivity contribution in [2.24, 2.45) is 0 Å². The van der Waals surface area contributed by atoms with Crippen molar-refractivity contribution in [2.75, 3.05) is 0 Å². The number of fused-ring (bicyclic) bond motifs is 1. The van der Waals surface area contributed by atoms with Crippen LogP contribution in [-0.2, 0) is 0 Å². The van der Waals surface area contributed by atoms with Crippen molar-refractivity contribution in [3.63, 3.8) is 0 Å². The molecule has 2 nitrogen and oxygen atoms in total. The SMILES string of the molecule is Cc1nn[se]c1[Se]c1cccc2ccccc12. The molecule has 1 aromatic heterocycles. The second-order valence-electron chi connectivity index (χ2n) is 3.73. The average molecular weight is 352 g/mol. The Hall–Kier alpha value is -0.921. The number of hydrogen-bond acceptors (Lipinski definition) is 2. The molecule has 0 bridgehead atoms. The third-order valence-electron chi connectivity index (χ3n) is 2.56. The predicted octanol–water partition coefficient (Wildman–Crippen LogP) is 0.650.